The summed E-state index contributed by atoms with van der Waals surface area (Å²) >= 11 is 0. The average molecular weight is 288 g/mol. The van der Waals surface area contributed by atoms with Crippen LogP contribution in [0.5, 0.6) is 0 Å². The van der Waals surface area contributed by atoms with E-state index in [-0.39, 0.29) is 11.2 Å². The molecule has 4 unspecified atom stereocenters. The van der Waals surface area contributed by atoms with Gasteiger partial charge >= 0.3 is 0 Å². The van der Waals surface area contributed by atoms with Gasteiger partial charge in [-0.2, -0.15) is 0 Å². The Balaban J connectivity index is 2.12. The number of rotatable bonds is 2. The van der Waals surface area contributed by atoms with Gasteiger partial charge in [-0.05, 0) is 56.3 Å². The van der Waals surface area contributed by atoms with Gasteiger partial charge in [-0.15, -0.1) is 0 Å². The van der Waals surface area contributed by atoms with Crippen molar-refractivity contribution in [2.45, 2.75) is 69.6 Å². The topological polar surface area (TPSA) is 54.4 Å². The Morgan fingerprint density at radius 2 is 1.63 bits per heavy atom. The molecule has 0 spiro atoms. The van der Waals surface area contributed by atoms with Crippen molar-refractivity contribution in [2.24, 2.45) is 17.8 Å². The van der Waals surface area contributed by atoms with E-state index in [9.17, 15) is 13.5 Å². The van der Waals surface area contributed by atoms with E-state index >= 15 is 0 Å². The van der Waals surface area contributed by atoms with Crippen molar-refractivity contribution in [1.82, 2.24) is 0 Å². The zero-order valence-corrected chi connectivity index (χ0v) is 13.2. The van der Waals surface area contributed by atoms with Crippen LogP contribution >= 0.6 is 0 Å². The van der Waals surface area contributed by atoms with Crippen LogP contribution in [0, 0.1) is 17.8 Å². The minimum Gasteiger partial charge on any atom is -0.390 e. The highest BCUT2D eigenvalue weighted by Crippen LogP contribution is 2.46. The summed E-state index contributed by atoms with van der Waals surface area (Å²) in [5.74, 6) is 1.27. The Bertz CT molecular complexity index is 405. The molecule has 0 heterocycles. The second kappa shape index (κ2) is 5.36. The van der Waals surface area contributed by atoms with Gasteiger partial charge in [0, 0.05) is 6.26 Å². The van der Waals surface area contributed by atoms with Crippen LogP contribution in [0.1, 0.15) is 58.8 Å². The van der Waals surface area contributed by atoms with Crippen LogP contribution < -0.4 is 0 Å². The normalized spacial score (nSPS) is 45.1. The van der Waals surface area contributed by atoms with Crippen molar-refractivity contribution < 1.29 is 13.5 Å². The molecular formula is C15H28O3S. The first-order valence-corrected chi connectivity index (χ1v) is 9.57. The highest BCUT2D eigenvalue weighted by molar-refractivity contribution is 7.91. The predicted molar refractivity (Wildman–Crippen MR) is 77.7 cm³/mol. The van der Waals surface area contributed by atoms with Crippen LogP contribution in [0.4, 0.5) is 0 Å². The van der Waals surface area contributed by atoms with Crippen LogP contribution in [0.25, 0.3) is 0 Å². The minimum absolute atomic E-state index is 0.172. The lowest BCUT2D eigenvalue weighted by molar-refractivity contribution is -0.0869. The van der Waals surface area contributed by atoms with E-state index in [2.05, 4.69) is 13.8 Å². The number of aliphatic hydroxyl groups is 1. The van der Waals surface area contributed by atoms with Gasteiger partial charge in [0.15, 0.2) is 0 Å². The number of hydrogen-bond donors (Lipinski definition) is 1. The summed E-state index contributed by atoms with van der Waals surface area (Å²) in [6.07, 6.45) is 7.58. The van der Waals surface area contributed by atoms with Gasteiger partial charge in [0.05, 0.1) is 10.9 Å². The number of sulfone groups is 1. The summed E-state index contributed by atoms with van der Waals surface area (Å²) in [5.41, 5.74) is -0.625. The van der Waals surface area contributed by atoms with Gasteiger partial charge < -0.3 is 5.11 Å². The third kappa shape index (κ3) is 3.52. The monoisotopic (exact) mass is 288 g/mol. The van der Waals surface area contributed by atoms with E-state index in [1.54, 1.807) is 0 Å². The molecule has 0 aromatic heterocycles. The lowest BCUT2D eigenvalue weighted by atomic mass is 9.64. The van der Waals surface area contributed by atoms with Crippen molar-refractivity contribution in [3.63, 3.8) is 0 Å². The Morgan fingerprint density at radius 1 is 1.05 bits per heavy atom. The first-order valence-electron chi connectivity index (χ1n) is 7.62. The van der Waals surface area contributed by atoms with Crippen LogP contribution in [0.2, 0.25) is 0 Å². The van der Waals surface area contributed by atoms with Gasteiger partial charge in [-0.25, -0.2) is 8.42 Å². The quantitative estimate of drug-likeness (QED) is 0.850. The lowest BCUT2D eigenvalue weighted by Crippen LogP contribution is -2.47. The number of hydrogen-bond acceptors (Lipinski definition) is 3. The van der Waals surface area contributed by atoms with Crippen molar-refractivity contribution in [1.29, 1.82) is 0 Å². The summed E-state index contributed by atoms with van der Waals surface area (Å²) in [4.78, 5) is 0. The molecule has 1 N–H and O–H groups in total. The molecule has 0 bridgehead atoms. The minimum atomic E-state index is -2.96. The highest BCUT2D eigenvalue weighted by Gasteiger charge is 2.45. The highest BCUT2D eigenvalue weighted by atomic mass is 32.2. The van der Waals surface area contributed by atoms with E-state index in [0.29, 0.717) is 18.3 Å². The largest absolute Gasteiger partial charge is 0.390 e. The van der Waals surface area contributed by atoms with Gasteiger partial charge in [0.2, 0.25) is 0 Å². The Labute approximate surface area is 117 Å². The zero-order chi connectivity index (χ0) is 14.3. The molecule has 4 heteroatoms. The third-order valence-electron chi connectivity index (χ3n) is 5.20. The fraction of sp³-hybridized carbons (Fsp3) is 1.00. The summed E-state index contributed by atoms with van der Waals surface area (Å²) in [5, 5.41) is 10.8. The Hall–Kier alpha value is -0.0900. The maximum absolute atomic E-state index is 11.8. The van der Waals surface area contributed by atoms with Crippen LogP contribution in [-0.4, -0.2) is 30.6 Å². The van der Waals surface area contributed by atoms with Crippen molar-refractivity contribution in [3.05, 3.63) is 0 Å². The molecular weight excluding hydrogens is 260 g/mol. The van der Waals surface area contributed by atoms with Crippen molar-refractivity contribution in [3.8, 4) is 0 Å². The van der Waals surface area contributed by atoms with E-state index in [1.165, 1.54) is 12.7 Å². The fourth-order valence-electron chi connectivity index (χ4n) is 4.50. The molecule has 0 amide bonds. The van der Waals surface area contributed by atoms with E-state index in [0.717, 1.165) is 32.1 Å². The van der Waals surface area contributed by atoms with Crippen LogP contribution in [0.3, 0.4) is 0 Å². The van der Waals surface area contributed by atoms with Crippen LogP contribution in [-0.2, 0) is 9.84 Å². The summed E-state index contributed by atoms with van der Waals surface area (Å²) < 4.78 is 23.5. The molecule has 19 heavy (non-hydrogen) atoms. The van der Waals surface area contributed by atoms with Crippen molar-refractivity contribution >= 4 is 9.84 Å². The maximum atomic E-state index is 11.8. The molecule has 2 aliphatic carbocycles. The molecule has 0 aromatic rings. The summed E-state index contributed by atoms with van der Waals surface area (Å²) in [6, 6.07) is 0. The van der Waals surface area contributed by atoms with Gasteiger partial charge in [0.25, 0.3) is 0 Å². The standard InChI is InChI=1S/C15H28O3S/c1-11-7-12(2)10-15(16,9-11)13-5-4-6-14(8-13)19(3,17)18/h11-14,16H,4-10H2,1-3H3. The van der Waals surface area contributed by atoms with Gasteiger partial charge in [-0.1, -0.05) is 20.3 Å². The summed E-state index contributed by atoms with van der Waals surface area (Å²) in [7, 11) is -2.96. The van der Waals surface area contributed by atoms with E-state index in [1.807, 2.05) is 0 Å². The molecule has 2 aliphatic rings. The second-order valence-electron chi connectivity index (χ2n) is 7.27. The predicted octanol–water partition coefficient (Wildman–Crippen LogP) is 2.78. The Morgan fingerprint density at radius 3 is 2.16 bits per heavy atom. The van der Waals surface area contributed by atoms with E-state index < -0.39 is 15.4 Å². The zero-order valence-electron chi connectivity index (χ0n) is 12.4. The van der Waals surface area contributed by atoms with Crippen LogP contribution in [0.15, 0.2) is 0 Å². The maximum Gasteiger partial charge on any atom is 0.150 e. The molecule has 0 saturated heterocycles. The smallest absolute Gasteiger partial charge is 0.150 e. The summed E-state index contributed by atoms with van der Waals surface area (Å²) in [6.45, 7) is 4.41. The Kier molecular flexibility index (Phi) is 4.32. The first kappa shape index (κ1) is 15.3. The molecule has 4 atom stereocenters. The molecule has 112 valence electrons. The van der Waals surface area contributed by atoms with Crippen molar-refractivity contribution in [2.75, 3.05) is 6.26 Å². The molecule has 0 aliphatic heterocycles. The molecule has 3 nitrogen and oxygen atoms in total. The fourth-order valence-corrected chi connectivity index (χ4v) is 5.68. The molecule has 2 saturated carbocycles. The van der Waals surface area contributed by atoms with Gasteiger partial charge in [-0.3, -0.25) is 0 Å². The van der Waals surface area contributed by atoms with Gasteiger partial charge in [0.1, 0.15) is 9.84 Å². The lowest BCUT2D eigenvalue weighted by Gasteiger charge is -2.46. The van der Waals surface area contributed by atoms with E-state index in [4.69, 9.17) is 0 Å². The molecule has 2 fully saturated rings. The third-order valence-corrected chi connectivity index (χ3v) is 6.84. The molecule has 2 rings (SSSR count). The molecule has 0 aromatic carbocycles. The molecule has 0 radical (unpaired) electrons. The second-order valence-corrected chi connectivity index (χ2v) is 9.60. The first-order chi connectivity index (χ1) is 8.71. The average Bonchev–Trinajstić information content (AvgIpc) is 2.26. The SMILES string of the molecule is CC1CC(C)CC(O)(C2CCCC(S(C)(=O)=O)C2)C1.